The molecule has 0 aliphatic carbocycles. The minimum absolute atomic E-state index is 0.191. The Morgan fingerprint density at radius 1 is 1.56 bits per heavy atom. The van der Waals surface area contributed by atoms with Crippen LogP contribution < -0.4 is 5.32 Å². The average Bonchev–Trinajstić information content (AvgIpc) is 2.64. The molecule has 1 atom stereocenters. The Hall–Kier alpha value is -1.52. The van der Waals surface area contributed by atoms with Crippen LogP contribution in [0.2, 0.25) is 5.02 Å². The molecule has 4 nitrogen and oxygen atoms in total. The minimum Gasteiger partial charge on any atom is -0.451 e. The van der Waals surface area contributed by atoms with E-state index in [1.54, 1.807) is 32.0 Å². The van der Waals surface area contributed by atoms with Gasteiger partial charge in [0.2, 0.25) is 0 Å². The van der Waals surface area contributed by atoms with Gasteiger partial charge in [-0.1, -0.05) is 11.6 Å². The summed E-state index contributed by atoms with van der Waals surface area (Å²) in [6.45, 7) is 3.60. The highest BCUT2D eigenvalue weighted by molar-refractivity contribution is 6.31. The molecule has 2 N–H and O–H groups in total. The molecule has 1 heterocycles. The van der Waals surface area contributed by atoms with Crippen molar-refractivity contribution in [3.05, 3.63) is 34.5 Å². The molecule has 0 unspecified atom stereocenters. The van der Waals surface area contributed by atoms with E-state index in [0.717, 1.165) is 10.9 Å². The van der Waals surface area contributed by atoms with E-state index in [0.29, 0.717) is 10.6 Å². The third kappa shape index (κ3) is 2.49. The summed E-state index contributed by atoms with van der Waals surface area (Å²) in [5.41, 5.74) is 1.37. The normalized spacial score (nSPS) is 12.7. The molecule has 2 aromatic rings. The lowest BCUT2D eigenvalue weighted by Crippen LogP contribution is -2.30. The van der Waals surface area contributed by atoms with E-state index < -0.39 is 6.10 Å². The summed E-state index contributed by atoms with van der Waals surface area (Å²) in [7, 11) is 0. The number of benzene rings is 1. The number of furan rings is 1. The van der Waals surface area contributed by atoms with Gasteiger partial charge in [-0.15, -0.1) is 0 Å². The van der Waals surface area contributed by atoms with E-state index in [1.165, 1.54) is 0 Å². The quantitative estimate of drug-likeness (QED) is 0.898. The molecular formula is C13H14ClNO3. The van der Waals surface area contributed by atoms with Crippen LogP contribution in [0.3, 0.4) is 0 Å². The van der Waals surface area contributed by atoms with Crippen molar-refractivity contribution in [1.29, 1.82) is 0 Å². The van der Waals surface area contributed by atoms with Crippen molar-refractivity contribution in [2.24, 2.45) is 0 Å². The number of hydrogen-bond acceptors (Lipinski definition) is 3. The van der Waals surface area contributed by atoms with Gasteiger partial charge in [-0.05, 0) is 32.0 Å². The molecule has 18 heavy (non-hydrogen) atoms. The summed E-state index contributed by atoms with van der Waals surface area (Å²) in [6.07, 6.45) is -0.590. The topological polar surface area (TPSA) is 62.5 Å². The van der Waals surface area contributed by atoms with E-state index in [2.05, 4.69) is 5.32 Å². The summed E-state index contributed by atoms with van der Waals surface area (Å²) in [5.74, 6) is -0.0753. The fourth-order valence-electron chi connectivity index (χ4n) is 1.73. The van der Waals surface area contributed by atoms with Gasteiger partial charge in [-0.3, -0.25) is 4.79 Å². The number of aliphatic hydroxyl groups excluding tert-OH is 1. The third-order valence-electron chi connectivity index (χ3n) is 2.66. The van der Waals surface area contributed by atoms with Crippen LogP contribution in [-0.2, 0) is 0 Å². The van der Waals surface area contributed by atoms with Gasteiger partial charge in [0.1, 0.15) is 5.58 Å². The molecule has 0 saturated heterocycles. The van der Waals surface area contributed by atoms with Crippen LogP contribution in [0.15, 0.2) is 22.6 Å². The highest BCUT2D eigenvalue weighted by Gasteiger charge is 2.17. The molecule has 0 radical (unpaired) electrons. The highest BCUT2D eigenvalue weighted by Crippen LogP contribution is 2.27. The van der Waals surface area contributed by atoms with Crippen LogP contribution >= 0.6 is 11.6 Å². The Morgan fingerprint density at radius 2 is 2.28 bits per heavy atom. The van der Waals surface area contributed by atoms with Gasteiger partial charge in [0.05, 0.1) is 6.10 Å². The maximum Gasteiger partial charge on any atom is 0.287 e. The summed E-state index contributed by atoms with van der Waals surface area (Å²) in [4.78, 5) is 11.9. The summed E-state index contributed by atoms with van der Waals surface area (Å²) in [6, 6.07) is 5.21. The molecule has 0 fully saturated rings. The van der Waals surface area contributed by atoms with Gasteiger partial charge in [-0.2, -0.15) is 0 Å². The number of carbonyl (C=O) groups excluding carboxylic acids is 1. The largest absolute Gasteiger partial charge is 0.451 e. The third-order valence-corrected chi connectivity index (χ3v) is 2.90. The minimum atomic E-state index is -0.590. The number of nitrogens with one attached hydrogen (secondary N) is 1. The zero-order chi connectivity index (χ0) is 13.3. The lowest BCUT2D eigenvalue weighted by atomic mass is 10.1. The van der Waals surface area contributed by atoms with Crippen LogP contribution in [0.4, 0.5) is 0 Å². The Kier molecular flexibility index (Phi) is 3.59. The summed E-state index contributed by atoms with van der Waals surface area (Å²) >= 11 is 5.91. The number of aryl methyl sites for hydroxylation is 1. The van der Waals surface area contributed by atoms with Gasteiger partial charge in [0, 0.05) is 22.5 Å². The smallest absolute Gasteiger partial charge is 0.287 e. The number of hydrogen-bond donors (Lipinski definition) is 2. The first-order chi connectivity index (χ1) is 8.49. The molecule has 0 saturated carbocycles. The monoisotopic (exact) mass is 267 g/mol. The molecular weight excluding hydrogens is 254 g/mol. The maximum absolute atomic E-state index is 11.9. The maximum atomic E-state index is 11.9. The number of carbonyl (C=O) groups is 1. The standard InChI is InChI=1S/C13H14ClNO3/c1-7(16)6-15-13(17)12-8(2)10-5-9(14)3-4-11(10)18-12/h3-5,7,16H,6H2,1-2H3,(H,15,17)/t7-/m0/s1. The zero-order valence-electron chi connectivity index (χ0n) is 10.2. The molecule has 5 heteroatoms. The fraction of sp³-hybridized carbons (Fsp3) is 0.308. The van der Waals surface area contributed by atoms with Crippen LogP contribution in [0.5, 0.6) is 0 Å². The second-order valence-electron chi connectivity index (χ2n) is 4.26. The first-order valence-corrected chi connectivity index (χ1v) is 6.01. The van der Waals surface area contributed by atoms with E-state index in [9.17, 15) is 4.79 Å². The van der Waals surface area contributed by atoms with Crippen molar-refractivity contribution >= 4 is 28.5 Å². The average molecular weight is 268 g/mol. The number of halogens is 1. The number of fused-ring (bicyclic) bond motifs is 1. The van der Waals surface area contributed by atoms with E-state index >= 15 is 0 Å². The molecule has 0 bridgehead atoms. The van der Waals surface area contributed by atoms with E-state index in [1.807, 2.05) is 0 Å². The molecule has 0 aliphatic rings. The van der Waals surface area contributed by atoms with Gasteiger partial charge in [0.25, 0.3) is 5.91 Å². The Bertz CT molecular complexity index is 589. The Labute approximate surface area is 110 Å². The second kappa shape index (κ2) is 5.00. The predicted molar refractivity (Wildman–Crippen MR) is 70.0 cm³/mol. The Morgan fingerprint density at radius 3 is 2.94 bits per heavy atom. The predicted octanol–water partition coefficient (Wildman–Crippen LogP) is 2.51. The lowest BCUT2D eigenvalue weighted by Gasteiger charge is -2.05. The van der Waals surface area contributed by atoms with E-state index in [4.69, 9.17) is 21.1 Å². The molecule has 1 aromatic carbocycles. The van der Waals surface area contributed by atoms with Gasteiger partial charge >= 0.3 is 0 Å². The lowest BCUT2D eigenvalue weighted by molar-refractivity contribution is 0.0898. The molecule has 2 rings (SSSR count). The highest BCUT2D eigenvalue weighted by atomic mass is 35.5. The van der Waals surface area contributed by atoms with Crippen molar-refractivity contribution in [3.8, 4) is 0 Å². The SMILES string of the molecule is Cc1c(C(=O)NC[C@H](C)O)oc2ccc(Cl)cc12. The Balaban J connectivity index is 2.34. The summed E-state index contributed by atoms with van der Waals surface area (Å²) in [5, 5.41) is 13.2. The van der Waals surface area contributed by atoms with E-state index in [-0.39, 0.29) is 18.2 Å². The van der Waals surface area contributed by atoms with Crippen molar-refractivity contribution < 1.29 is 14.3 Å². The number of aliphatic hydroxyl groups is 1. The molecule has 0 spiro atoms. The molecule has 1 amide bonds. The first-order valence-electron chi connectivity index (χ1n) is 5.64. The first kappa shape index (κ1) is 12.9. The molecule has 1 aromatic heterocycles. The van der Waals surface area contributed by atoms with Crippen molar-refractivity contribution in [3.63, 3.8) is 0 Å². The number of rotatable bonds is 3. The van der Waals surface area contributed by atoms with Gasteiger partial charge < -0.3 is 14.8 Å². The van der Waals surface area contributed by atoms with Crippen LogP contribution in [0, 0.1) is 6.92 Å². The second-order valence-corrected chi connectivity index (χ2v) is 4.69. The molecule has 96 valence electrons. The van der Waals surface area contributed by atoms with Gasteiger partial charge in [-0.25, -0.2) is 0 Å². The van der Waals surface area contributed by atoms with Crippen molar-refractivity contribution in [1.82, 2.24) is 5.32 Å². The van der Waals surface area contributed by atoms with Crippen LogP contribution in [0.1, 0.15) is 23.0 Å². The summed E-state index contributed by atoms with van der Waals surface area (Å²) < 4.78 is 5.50. The van der Waals surface area contributed by atoms with Crippen LogP contribution in [-0.4, -0.2) is 23.7 Å². The van der Waals surface area contributed by atoms with Gasteiger partial charge in [0.15, 0.2) is 5.76 Å². The van der Waals surface area contributed by atoms with Crippen LogP contribution in [0.25, 0.3) is 11.0 Å². The molecule has 0 aliphatic heterocycles. The zero-order valence-corrected chi connectivity index (χ0v) is 10.9. The van der Waals surface area contributed by atoms with Crippen molar-refractivity contribution in [2.75, 3.05) is 6.54 Å². The van der Waals surface area contributed by atoms with Crippen molar-refractivity contribution in [2.45, 2.75) is 20.0 Å². The number of amides is 1. The fourth-order valence-corrected chi connectivity index (χ4v) is 1.90.